The monoisotopic (exact) mass is 224 g/mol. The number of anilines is 2. The first-order valence-electron chi connectivity index (χ1n) is 5.68. The quantitative estimate of drug-likeness (QED) is 0.739. The lowest BCUT2D eigenvalue weighted by atomic mass is 10.4. The van der Waals surface area contributed by atoms with Crippen LogP contribution < -0.4 is 10.6 Å². The van der Waals surface area contributed by atoms with Gasteiger partial charge in [-0.2, -0.15) is 4.98 Å². The van der Waals surface area contributed by atoms with Crippen molar-refractivity contribution in [3.05, 3.63) is 12.3 Å². The Morgan fingerprint density at radius 1 is 1.38 bits per heavy atom. The summed E-state index contributed by atoms with van der Waals surface area (Å²) in [6.45, 7) is 8.33. The van der Waals surface area contributed by atoms with Crippen molar-refractivity contribution in [2.45, 2.75) is 26.9 Å². The van der Waals surface area contributed by atoms with E-state index >= 15 is 0 Å². The smallest absolute Gasteiger partial charge is 0.224 e. The maximum Gasteiger partial charge on any atom is 0.224 e. The lowest BCUT2D eigenvalue weighted by molar-refractivity contribution is 0.0855. The van der Waals surface area contributed by atoms with Crippen LogP contribution in [0.4, 0.5) is 11.8 Å². The topological polar surface area (TPSA) is 59.1 Å². The predicted molar refractivity (Wildman–Crippen MR) is 65.8 cm³/mol. The summed E-state index contributed by atoms with van der Waals surface area (Å²) in [5.41, 5.74) is 0. The highest BCUT2D eigenvalue weighted by molar-refractivity contribution is 5.39. The summed E-state index contributed by atoms with van der Waals surface area (Å²) in [5, 5.41) is 6.28. The van der Waals surface area contributed by atoms with Gasteiger partial charge in [0.25, 0.3) is 0 Å². The van der Waals surface area contributed by atoms with E-state index in [1.165, 1.54) is 0 Å². The third-order valence-corrected chi connectivity index (χ3v) is 2.01. The van der Waals surface area contributed by atoms with Gasteiger partial charge >= 0.3 is 0 Å². The fraction of sp³-hybridized carbons (Fsp3) is 0.636. The van der Waals surface area contributed by atoms with E-state index in [0.717, 1.165) is 25.5 Å². The maximum absolute atomic E-state index is 5.42. The number of rotatable bonds is 7. The van der Waals surface area contributed by atoms with Gasteiger partial charge in [-0.25, -0.2) is 4.98 Å². The molecule has 1 heterocycles. The largest absolute Gasteiger partial charge is 0.377 e. The standard InChI is InChI=1S/C11H20N4O/c1-4-12-11-13-7-6-10(15-11)14-8-9(3)16-5-2/h6-7,9H,4-5,8H2,1-3H3,(H2,12,13,14,15). The van der Waals surface area contributed by atoms with Crippen molar-refractivity contribution in [1.82, 2.24) is 9.97 Å². The van der Waals surface area contributed by atoms with Crippen LogP contribution in [0.3, 0.4) is 0 Å². The molecule has 1 unspecified atom stereocenters. The first-order chi connectivity index (χ1) is 7.76. The Morgan fingerprint density at radius 2 is 2.19 bits per heavy atom. The number of aromatic nitrogens is 2. The third-order valence-electron chi connectivity index (χ3n) is 2.01. The number of hydrogen-bond acceptors (Lipinski definition) is 5. The van der Waals surface area contributed by atoms with Crippen LogP contribution >= 0.6 is 0 Å². The van der Waals surface area contributed by atoms with Gasteiger partial charge in [0.05, 0.1) is 6.10 Å². The Kier molecular flexibility index (Phi) is 5.56. The Morgan fingerprint density at radius 3 is 2.88 bits per heavy atom. The fourth-order valence-corrected chi connectivity index (χ4v) is 1.29. The minimum Gasteiger partial charge on any atom is -0.377 e. The average Bonchev–Trinajstić information content (AvgIpc) is 2.28. The van der Waals surface area contributed by atoms with Crippen LogP contribution in [0, 0.1) is 0 Å². The van der Waals surface area contributed by atoms with E-state index in [9.17, 15) is 0 Å². The van der Waals surface area contributed by atoms with Crippen LogP contribution in [-0.2, 0) is 4.74 Å². The van der Waals surface area contributed by atoms with Crippen molar-refractivity contribution in [2.75, 3.05) is 30.3 Å². The summed E-state index contributed by atoms with van der Waals surface area (Å²) < 4.78 is 5.42. The second kappa shape index (κ2) is 7.00. The summed E-state index contributed by atoms with van der Waals surface area (Å²) in [6.07, 6.45) is 1.92. The molecular formula is C11H20N4O. The Hall–Kier alpha value is -1.36. The van der Waals surface area contributed by atoms with Gasteiger partial charge in [0.2, 0.25) is 5.95 Å². The second-order valence-electron chi connectivity index (χ2n) is 3.44. The van der Waals surface area contributed by atoms with E-state index in [2.05, 4.69) is 20.6 Å². The molecule has 16 heavy (non-hydrogen) atoms. The average molecular weight is 224 g/mol. The van der Waals surface area contributed by atoms with Crippen LogP contribution in [0.15, 0.2) is 12.3 Å². The van der Waals surface area contributed by atoms with Crippen molar-refractivity contribution < 1.29 is 4.74 Å². The molecule has 5 nitrogen and oxygen atoms in total. The minimum atomic E-state index is 0.183. The number of ether oxygens (including phenoxy) is 1. The Bertz CT molecular complexity index is 306. The van der Waals surface area contributed by atoms with Gasteiger partial charge in [0.1, 0.15) is 5.82 Å². The van der Waals surface area contributed by atoms with Crippen molar-refractivity contribution in [1.29, 1.82) is 0 Å². The number of nitrogens with one attached hydrogen (secondary N) is 2. The van der Waals surface area contributed by atoms with Crippen LogP contribution in [-0.4, -0.2) is 35.8 Å². The first-order valence-corrected chi connectivity index (χ1v) is 5.68. The van der Waals surface area contributed by atoms with Gasteiger partial charge in [-0.3, -0.25) is 0 Å². The number of nitrogens with zero attached hydrogens (tertiary/aromatic N) is 2. The molecule has 1 aromatic heterocycles. The SMILES string of the molecule is CCNc1nccc(NCC(C)OCC)n1. The maximum atomic E-state index is 5.42. The lowest BCUT2D eigenvalue weighted by Crippen LogP contribution is -2.20. The lowest BCUT2D eigenvalue weighted by Gasteiger charge is -2.13. The summed E-state index contributed by atoms with van der Waals surface area (Å²) >= 11 is 0. The molecule has 0 aliphatic heterocycles. The van der Waals surface area contributed by atoms with Gasteiger partial charge in [-0.05, 0) is 26.8 Å². The highest BCUT2D eigenvalue weighted by Crippen LogP contribution is 2.05. The van der Waals surface area contributed by atoms with Crippen molar-refractivity contribution in [3.8, 4) is 0 Å². The fourth-order valence-electron chi connectivity index (χ4n) is 1.29. The van der Waals surface area contributed by atoms with Crippen LogP contribution in [0.5, 0.6) is 0 Å². The molecule has 90 valence electrons. The van der Waals surface area contributed by atoms with Crippen molar-refractivity contribution in [3.63, 3.8) is 0 Å². The molecule has 0 saturated carbocycles. The van der Waals surface area contributed by atoms with Gasteiger partial charge in [0.15, 0.2) is 0 Å². The molecule has 0 fully saturated rings. The van der Waals surface area contributed by atoms with E-state index in [4.69, 9.17) is 4.74 Å². The summed E-state index contributed by atoms with van der Waals surface area (Å²) in [7, 11) is 0. The van der Waals surface area contributed by atoms with E-state index < -0.39 is 0 Å². The zero-order valence-electron chi connectivity index (χ0n) is 10.2. The normalized spacial score (nSPS) is 12.2. The molecule has 2 N–H and O–H groups in total. The highest BCUT2D eigenvalue weighted by Gasteiger charge is 2.02. The van der Waals surface area contributed by atoms with Crippen LogP contribution in [0.25, 0.3) is 0 Å². The van der Waals surface area contributed by atoms with E-state index in [1.807, 2.05) is 26.8 Å². The van der Waals surface area contributed by atoms with Gasteiger partial charge in [0, 0.05) is 25.9 Å². The van der Waals surface area contributed by atoms with Gasteiger partial charge < -0.3 is 15.4 Å². The van der Waals surface area contributed by atoms with E-state index in [-0.39, 0.29) is 6.10 Å². The van der Waals surface area contributed by atoms with Crippen molar-refractivity contribution >= 4 is 11.8 Å². The highest BCUT2D eigenvalue weighted by atomic mass is 16.5. The molecule has 0 aliphatic rings. The van der Waals surface area contributed by atoms with Gasteiger partial charge in [-0.15, -0.1) is 0 Å². The van der Waals surface area contributed by atoms with Crippen molar-refractivity contribution in [2.24, 2.45) is 0 Å². The van der Waals surface area contributed by atoms with Gasteiger partial charge in [-0.1, -0.05) is 0 Å². The number of hydrogen-bond donors (Lipinski definition) is 2. The van der Waals surface area contributed by atoms with Crippen LogP contribution in [0.1, 0.15) is 20.8 Å². The molecule has 0 aromatic carbocycles. The Labute approximate surface area is 96.6 Å². The molecule has 0 bridgehead atoms. The molecule has 1 aromatic rings. The zero-order chi connectivity index (χ0) is 11.8. The first kappa shape index (κ1) is 12.7. The molecule has 0 spiro atoms. The van der Waals surface area contributed by atoms with E-state index in [0.29, 0.717) is 5.95 Å². The summed E-state index contributed by atoms with van der Waals surface area (Å²) in [5.74, 6) is 1.47. The predicted octanol–water partition coefficient (Wildman–Crippen LogP) is 1.75. The van der Waals surface area contributed by atoms with Crippen LogP contribution in [0.2, 0.25) is 0 Å². The summed E-state index contributed by atoms with van der Waals surface area (Å²) in [6, 6.07) is 1.85. The Balaban J connectivity index is 2.44. The molecule has 5 heteroatoms. The molecule has 0 saturated heterocycles. The minimum absolute atomic E-state index is 0.183. The zero-order valence-corrected chi connectivity index (χ0v) is 10.2. The molecule has 1 rings (SSSR count). The second-order valence-corrected chi connectivity index (χ2v) is 3.44. The summed E-state index contributed by atoms with van der Waals surface area (Å²) in [4.78, 5) is 8.40. The molecule has 0 radical (unpaired) electrons. The molecular weight excluding hydrogens is 204 g/mol. The molecule has 0 aliphatic carbocycles. The third kappa shape index (κ3) is 4.44. The molecule has 1 atom stereocenters. The van der Waals surface area contributed by atoms with E-state index in [1.54, 1.807) is 6.20 Å². The molecule has 0 amide bonds.